The molecule has 82 valence electrons. The maximum Gasteiger partial charge on any atom is 0.115 e. The Hall–Kier alpha value is -0.540. The minimum atomic E-state index is 0.363. The van der Waals surface area contributed by atoms with Crippen LogP contribution in [0.1, 0.15) is 18.4 Å². The van der Waals surface area contributed by atoms with Gasteiger partial charge in [-0.25, -0.2) is 0 Å². The molecule has 0 aliphatic heterocycles. The first-order valence-corrected chi connectivity index (χ1v) is 6.49. The predicted molar refractivity (Wildman–Crippen MR) is 65.3 cm³/mol. The zero-order chi connectivity index (χ0) is 10.7. The minimum absolute atomic E-state index is 0.363. The largest absolute Gasteiger partial charge is 0.508 e. The normalized spacial score (nSPS) is 15.9. The van der Waals surface area contributed by atoms with Crippen LogP contribution in [0.15, 0.2) is 24.3 Å². The van der Waals surface area contributed by atoms with Crippen LogP contribution in [0.4, 0.5) is 0 Å². The second kappa shape index (κ2) is 4.99. The second-order valence-electron chi connectivity index (χ2n) is 4.06. The average Bonchev–Trinajstić information content (AvgIpc) is 3.00. The minimum Gasteiger partial charge on any atom is -0.508 e. The number of nitrogens with zero attached hydrogens (tertiary/aromatic N) is 1. The molecular weight excluding hydrogens is 254 g/mol. The van der Waals surface area contributed by atoms with E-state index in [1.54, 1.807) is 6.07 Å². The standard InChI is InChI=1S/C12H16BrNO/c13-6-7-14(11-4-5-11)9-10-2-1-3-12(15)8-10/h1-3,8,11,15H,4-7,9H2. The van der Waals surface area contributed by atoms with Crippen LogP contribution in [0.3, 0.4) is 0 Å². The first kappa shape index (κ1) is 11.0. The van der Waals surface area contributed by atoms with Crippen molar-refractivity contribution in [3.05, 3.63) is 29.8 Å². The molecule has 0 radical (unpaired) electrons. The zero-order valence-electron chi connectivity index (χ0n) is 8.69. The summed E-state index contributed by atoms with van der Waals surface area (Å²) in [6.45, 7) is 2.03. The summed E-state index contributed by atoms with van der Waals surface area (Å²) in [5.41, 5.74) is 1.20. The summed E-state index contributed by atoms with van der Waals surface area (Å²) in [6.07, 6.45) is 2.65. The molecule has 1 N–H and O–H groups in total. The van der Waals surface area contributed by atoms with Crippen LogP contribution in [-0.2, 0) is 6.54 Å². The van der Waals surface area contributed by atoms with E-state index in [1.807, 2.05) is 12.1 Å². The number of benzene rings is 1. The predicted octanol–water partition coefficient (Wildman–Crippen LogP) is 2.75. The van der Waals surface area contributed by atoms with E-state index in [9.17, 15) is 5.11 Å². The monoisotopic (exact) mass is 269 g/mol. The van der Waals surface area contributed by atoms with E-state index in [1.165, 1.54) is 18.4 Å². The number of phenols is 1. The van der Waals surface area contributed by atoms with Crippen molar-refractivity contribution in [3.63, 3.8) is 0 Å². The number of halogens is 1. The quantitative estimate of drug-likeness (QED) is 0.832. The fourth-order valence-electron chi connectivity index (χ4n) is 1.83. The second-order valence-corrected chi connectivity index (χ2v) is 4.85. The molecule has 1 fully saturated rings. The Morgan fingerprint density at radius 2 is 2.20 bits per heavy atom. The molecule has 0 bridgehead atoms. The van der Waals surface area contributed by atoms with Gasteiger partial charge in [0.25, 0.3) is 0 Å². The van der Waals surface area contributed by atoms with Gasteiger partial charge >= 0.3 is 0 Å². The van der Waals surface area contributed by atoms with Crippen LogP contribution in [0, 0.1) is 0 Å². The van der Waals surface area contributed by atoms with Crippen molar-refractivity contribution >= 4 is 15.9 Å². The summed E-state index contributed by atoms with van der Waals surface area (Å²) >= 11 is 3.48. The maximum atomic E-state index is 9.38. The molecule has 0 aromatic heterocycles. The highest BCUT2D eigenvalue weighted by Gasteiger charge is 2.28. The molecule has 0 atom stereocenters. The fourth-order valence-corrected chi connectivity index (χ4v) is 2.28. The van der Waals surface area contributed by atoms with E-state index in [2.05, 4.69) is 26.9 Å². The Morgan fingerprint density at radius 1 is 1.40 bits per heavy atom. The van der Waals surface area contributed by atoms with Crippen molar-refractivity contribution in [2.24, 2.45) is 0 Å². The van der Waals surface area contributed by atoms with E-state index in [4.69, 9.17) is 0 Å². The molecule has 2 nitrogen and oxygen atoms in total. The van der Waals surface area contributed by atoms with Gasteiger partial charge in [-0.3, -0.25) is 4.90 Å². The lowest BCUT2D eigenvalue weighted by molar-refractivity contribution is 0.272. The van der Waals surface area contributed by atoms with E-state index < -0.39 is 0 Å². The zero-order valence-corrected chi connectivity index (χ0v) is 10.3. The molecular formula is C12H16BrNO. The molecule has 0 heterocycles. The van der Waals surface area contributed by atoms with Gasteiger partial charge in [-0.15, -0.1) is 0 Å². The number of hydrogen-bond acceptors (Lipinski definition) is 2. The average molecular weight is 270 g/mol. The number of rotatable bonds is 5. The van der Waals surface area contributed by atoms with Crippen LogP contribution >= 0.6 is 15.9 Å². The van der Waals surface area contributed by atoms with Crippen LogP contribution in [0.2, 0.25) is 0 Å². The molecule has 3 heteroatoms. The summed E-state index contributed by atoms with van der Waals surface area (Å²) in [7, 11) is 0. The topological polar surface area (TPSA) is 23.5 Å². The van der Waals surface area contributed by atoms with Gasteiger partial charge in [-0.2, -0.15) is 0 Å². The van der Waals surface area contributed by atoms with Crippen LogP contribution in [0.25, 0.3) is 0 Å². The Balaban J connectivity index is 1.98. The van der Waals surface area contributed by atoms with Crippen molar-refractivity contribution in [2.75, 3.05) is 11.9 Å². The first-order chi connectivity index (χ1) is 7.29. The van der Waals surface area contributed by atoms with Gasteiger partial charge in [0.15, 0.2) is 0 Å². The molecule has 0 unspecified atom stereocenters. The Kier molecular flexibility index (Phi) is 3.65. The van der Waals surface area contributed by atoms with Gasteiger partial charge < -0.3 is 5.11 Å². The van der Waals surface area contributed by atoms with Crippen LogP contribution in [0.5, 0.6) is 5.75 Å². The lowest BCUT2D eigenvalue weighted by Crippen LogP contribution is -2.27. The van der Waals surface area contributed by atoms with E-state index in [-0.39, 0.29) is 0 Å². The lowest BCUT2D eigenvalue weighted by Gasteiger charge is -2.20. The first-order valence-electron chi connectivity index (χ1n) is 5.37. The summed E-state index contributed by atoms with van der Waals surface area (Å²) < 4.78 is 0. The van der Waals surface area contributed by atoms with Gasteiger partial charge in [0.2, 0.25) is 0 Å². The van der Waals surface area contributed by atoms with Crippen molar-refractivity contribution in [1.29, 1.82) is 0 Å². The SMILES string of the molecule is Oc1cccc(CN(CCBr)C2CC2)c1. The van der Waals surface area contributed by atoms with Crippen molar-refractivity contribution in [3.8, 4) is 5.75 Å². The highest BCUT2D eigenvalue weighted by molar-refractivity contribution is 9.09. The molecule has 1 aromatic carbocycles. The number of aromatic hydroxyl groups is 1. The van der Waals surface area contributed by atoms with E-state index in [0.29, 0.717) is 5.75 Å². The smallest absolute Gasteiger partial charge is 0.115 e. The molecule has 0 saturated heterocycles. The van der Waals surface area contributed by atoms with Crippen molar-refractivity contribution < 1.29 is 5.11 Å². The maximum absolute atomic E-state index is 9.38. The molecule has 1 saturated carbocycles. The number of phenolic OH excluding ortho intramolecular Hbond substituents is 1. The molecule has 0 amide bonds. The summed E-state index contributed by atoms with van der Waals surface area (Å²) in [6, 6.07) is 8.32. The van der Waals surface area contributed by atoms with Crippen LogP contribution in [-0.4, -0.2) is 27.9 Å². The van der Waals surface area contributed by atoms with Gasteiger partial charge in [-0.05, 0) is 30.5 Å². The third-order valence-corrected chi connectivity index (χ3v) is 3.09. The Morgan fingerprint density at radius 3 is 2.80 bits per heavy atom. The van der Waals surface area contributed by atoms with E-state index in [0.717, 1.165) is 24.5 Å². The van der Waals surface area contributed by atoms with Crippen LogP contribution < -0.4 is 0 Å². The third-order valence-electron chi connectivity index (χ3n) is 2.73. The lowest BCUT2D eigenvalue weighted by atomic mass is 10.2. The molecule has 0 spiro atoms. The molecule has 1 aliphatic rings. The molecule has 1 aromatic rings. The van der Waals surface area contributed by atoms with Crippen molar-refractivity contribution in [1.82, 2.24) is 4.90 Å². The van der Waals surface area contributed by atoms with Gasteiger partial charge in [0.1, 0.15) is 5.75 Å². The molecule has 15 heavy (non-hydrogen) atoms. The summed E-state index contributed by atoms with van der Waals surface area (Å²) in [4.78, 5) is 2.48. The third kappa shape index (κ3) is 3.21. The highest BCUT2D eigenvalue weighted by atomic mass is 79.9. The Bertz CT molecular complexity index is 325. The highest BCUT2D eigenvalue weighted by Crippen LogP contribution is 2.28. The Labute approximate surface area is 99.0 Å². The summed E-state index contributed by atoms with van der Waals surface area (Å²) in [5.74, 6) is 0.363. The molecule has 1 aliphatic carbocycles. The van der Waals surface area contributed by atoms with Crippen molar-refractivity contribution in [2.45, 2.75) is 25.4 Å². The van der Waals surface area contributed by atoms with Gasteiger partial charge in [-0.1, -0.05) is 28.1 Å². The summed E-state index contributed by atoms with van der Waals surface area (Å²) in [5, 5.41) is 10.4. The number of hydrogen-bond donors (Lipinski definition) is 1. The van der Waals surface area contributed by atoms with E-state index >= 15 is 0 Å². The fraction of sp³-hybridized carbons (Fsp3) is 0.500. The number of alkyl halides is 1. The molecule has 2 rings (SSSR count). The van der Waals surface area contributed by atoms with Gasteiger partial charge in [0, 0.05) is 24.5 Å². The van der Waals surface area contributed by atoms with Gasteiger partial charge in [0.05, 0.1) is 0 Å².